The third kappa shape index (κ3) is 0.945. The molecule has 0 aromatic carbocycles. The number of nitrogens with zero attached hydrogens (tertiary/aromatic N) is 2. The van der Waals surface area contributed by atoms with Crippen LogP contribution in [0, 0.1) is 19.3 Å². The number of rotatable bonds is 0. The van der Waals surface area contributed by atoms with Gasteiger partial charge in [0.15, 0.2) is 0 Å². The van der Waals surface area contributed by atoms with Gasteiger partial charge in [0.1, 0.15) is 5.69 Å². The van der Waals surface area contributed by atoms with Crippen LogP contribution in [-0.4, -0.2) is 9.78 Å². The molecule has 0 aliphatic carbocycles. The molecule has 0 N–H and O–H groups in total. The maximum absolute atomic E-state index is 5.14. The Morgan fingerprint density at radius 1 is 1.78 bits per heavy atom. The SMILES string of the molecule is C#Cc1nn(C)cc1C. The quantitative estimate of drug-likeness (QED) is 0.461. The van der Waals surface area contributed by atoms with Gasteiger partial charge in [-0.1, -0.05) is 0 Å². The van der Waals surface area contributed by atoms with Crippen molar-refractivity contribution in [3.05, 3.63) is 17.5 Å². The Kier molecular flexibility index (Phi) is 1.27. The van der Waals surface area contributed by atoms with Crippen LogP contribution in [0.1, 0.15) is 11.3 Å². The summed E-state index contributed by atoms with van der Waals surface area (Å²) in [5.41, 5.74) is 1.79. The monoisotopic (exact) mass is 120 g/mol. The lowest BCUT2D eigenvalue weighted by molar-refractivity contribution is 0.763. The van der Waals surface area contributed by atoms with Gasteiger partial charge in [0.2, 0.25) is 0 Å². The second-order valence-electron chi connectivity index (χ2n) is 1.98. The molecule has 0 amide bonds. The lowest BCUT2D eigenvalue weighted by Crippen LogP contribution is -1.86. The highest BCUT2D eigenvalue weighted by Crippen LogP contribution is 2.00. The van der Waals surface area contributed by atoms with E-state index in [4.69, 9.17) is 6.42 Å². The Labute approximate surface area is 54.5 Å². The molecule has 1 aromatic rings. The Balaban J connectivity index is 3.20. The standard InChI is InChI=1S/C7H8N2/c1-4-7-6(2)5-9(3)8-7/h1,5H,2-3H3. The molecular formula is C7H8N2. The Morgan fingerprint density at radius 3 is 2.67 bits per heavy atom. The van der Waals surface area contributed by atoms with Crippen LogP contribution in [0.15, 0.2) is 6.20 Å². The van der Waals surface area contributed by atoms with E-state index in [0.717, 1.165) is 11.3 Å². The summed E-state index contributed by atoms with van der Waals surface area (Å²) in [6.45, 7) is 1.95. The van der Waals surface area contributed by atoms with E-state index >= 15 is 0 Å². The fourth-order valence-corrected chi connectivity index (χ4v) is 0.750. The number of hydrogen-bond acceptors (Lipinski definition) is 1. The predicted molar refractivity (Wildman–Crippen MR) is 35.9 cm³/mol. The third-order valence-corrected chi connectivity index (χ3v) is 1.15. The van der Waals surface area contributed by atoms with Gasteiger partial charge >= 0.3 is 0 Å². The zero-order valence-corrected chi connectivity index (χ0v) is 5.55. The minimum absolute atomic E-state index is 0.734. The summed E-state index contributed by atoms with van der Waals surface area (Å²) in [5.74, 6) is 2.48. The minimum atomic E-state index is 0.734. The zero-order chi connectivity index (χ0) is 6.85. The van der Waals surface area contributed by atoms with E-state index in [2.05, 4.69) is 11.0 Å². The van der Waals surface area contributed by atoms with Crippen LogP contribution in [0.25, 0.3) is 0 Å². The highest BCUT2D eigenvalue weighted by molar-refractivity contribution is 5.30. The van der Waals surface area contributed by atoms with Crippen molar-refractivity contribution in [3.8, 4) is 12.3 Å². The first kappa shape index (κ1) is 5.90. The topological polar surface area (TPSA) is 17.8 Å². The van der Waals surface area contributed by atoms with Gasteiger partial charge in [-0.3, -0.25) is 4.68 Å². The summed E-state index contributed by atoms with van der Waals surface area (Å²) in [4.78, 5) is 0. The first-order chi connectivity index (χ1) is 4.24. The van der Waals surface area contributed by atoms with E-state index in [1.807, 2.05) is 20.2 Å². The van der Waals surface area contributed by atoms with Crippen molar-refractivity contribution in [1.82, 2.24) is 9.78 Å². The molecule has 0 saturated heterocycles. The van der Waals surface area contributed by atoms with Gasteiger partial charge in [0.05, 0.1) is 0 Å². The summed E-state index contributed by atoms with van der Waals surface area (Å²) in [5, 5.41) is 4.01. The van der Waals surface area contributed by atoms with Gasteiger partial charge in [-0.25, -0.2) is 0 Å². The highest BCUT2D eigenvalue weighted by Gasteiger charge is 1.96. The van der Waals surface area contributed by atoms with E-state index in [-0.39, 0.29) is 0 Å². The molecule has 46 valence electrons. The highest BCUT2D eigenvalue weighted by atomic mass is 15.2. The molecule has 9 heavy (non-hydrogen) atoms. The predicted octanol–water partition coefficient (Wildman–Crippen LogP) is 0.710. The number of aromatic nitrogens is 2. The van der Waals surface area contributed by atoms with Crippen molar-refractivity contribution in [2.45, 2.75) is 6.92 Å². The first-order valence-corrected chi connectivity index (χ1v) is 2.71. The summed E-state index contributed by atoms with van der Waals surface area (Å²) in [6, 6.07) is 0. The molecule has 0 bridgehead atoms. The fraction of sp³-hybridized carbons (Fsp3) is 0.286. The smallest absolute Gasteiger partial charge is 0.137 e. The van der Waals surface area contributed by atoms with Gasteiger partial charge in [-0.2, -0.15) is 5.10 Å². The van der Waals surface area contributed by atoms with Crippen LogP contribution in [0.2, 0.25) is 0 Å². The zero-order valence-electron chi connectivity index (χ0n) is 5.55. The molecule has 0 aliphatic rings. The van der Waals surface area contributed by atoms with Crippen LogP contribution < -0.4 is 0 Å². The molecule has 1 rings (SSSR count). The van der Waals surface area contributed by atoms with Crippen LogP contribution in [-0.2, 0) is 7.05 Å². The van der Waals surface area contributed by atoms with Crippen molar-refractivity contribution in [2.24, 2.45) is 7.05 Å². The molecule has 2 heteroatoms. The lowest BCUT2D eigenvalue weighted by atomic mass is 10.3. The molecule has 0 fully saturated rings. The molecule has 1 aromatic heterocycles. The average molecular weight is 120 g/mol. The third-order valence-electron chi connectivity index (χ3n) is 1.15. The molecule has 1 heterocycles. The Bertz CT molecular complexity index is 252. The van der Waals surface area contributed by atoms with Crippen LogP contribution in [0.5, 0.6) is 0 Å². The number of hydrogen-bond donors (Lipinski definition) is 0. The lowest BCUT2D eigenvalue weighted by Gasteiger charge is -1.79. The average Bonchev–Trinajstić information content (AvgIpc) is 2.10. The van der Waals surface area contributed by atoms with E-state index < -0.39 is 0 Å². The maximum Gasteiger partial charge on any atom is 0.137 e. The molecule has 0 atom stereocenters. The molecule has 2 nitrogen and oxygen atoms in total. The molecular weight excluding hydrogens is 112 g/mol. The first-order valence-electron chi connectivity index (χ1n) is 2.71. The van der Waals surface area contributed by atoms with E-state index in [0.29, 0.717) is 0 Å². The fourth-order valence-electron chi connectivity index (χ4n) is 0.750. The maximum atomic E-state index is 5.14. The van der Waals surface area contributed by atoms with Crippen LogP contribution >= 0.6 is 0 Å². The van der Waals surface area contributed by atoms with Crippen LogP contribution in [0.3, 0.4) is 0 Å². The normalized spacial score (nSPS) is 9.00. The molecule has 0 saturated carbocycles. The summed E-state index contributed by atoms with van der Waals surface area (Å²) in [6.07, 6.45) is 7.04. The molecule has 0 unspecified atom stereocenters. The second-order valence-corrected chi connectivity index (χ2v) is 1.98. The van der Waals surface area contributed by atoms with Gasteiger partial charge in [-0.15, -0.1) is 6.42 Å². The van der Waals surface area contributed by atoms with Crippen LogP contribution in [0.4, 0.5) is 0 Å². The van der Waals surface area contributed by atoms with Crippen molar-refractivity contribution < 1.29 is 0 Å². The Morgan fingerprint density at radius 2 is 2.44 bits per heavy atom. The Hall–Kier alpha value is -1.23. The molecule has 0 radical (unpaired) electrons. The van der Waals surface area contributed by atoms with Gasteiger partial charge in [0.25, 0.3) is 0 Å². The number of aryl methyl sites for hydroxylation is 2. The van der Waals surface area contributed by atoms with E-state index in [9.17, 15) is 0 Å². The van der Waals surface area contributed by atoms with Gasteiger partial charge in [0, 0.05) is 18.8 Å². The van der Waals surface area contributed by atoms with Crippen molar-refractivity contribution >= 4 is 0 Å². The molecule has 0 aliphatic heterocycles. The summed E-state index contributed by atoms with van der Waals surface area (Å²) < 4.78 is 1.71. The van der Waals surface area contributed by atoms with Crippen molar-refractivity contribution in [1.29, 1.82) is 0 Å². The number of terminal acetylenes is 1. The second kappa shape index (κ2) is 1.94. The minimum Gasteiger partial charge on any atom is -0.274 e. The summed E-state index contributed by atoms with van der Waals surface area (Å²) in [7, 11) is 1.86. The van der Waals surface area contributed by atoms with Crippen molar-refractivity contribution in [3.63, 3.8) is 0 Å². The van der Waals surface area contributed by atoms with Crippen molar-refractivity contribution in [2.75, 3.05) is 0 Å². The van der Waals surface area contributed by atoms with Gasteiger partial charge < -0.3 is 0 Å². The van der Waals surface area contributed by atoms with E-state index in [1.165, 1.54) is 0 Å². The summed E-state index contributed by atoms with van der Waals surface area (Å²) >= 11 is 0. The van der Waals surface area contributed by atoms with Gasteiger partial charge in [-0.05, 0) is 12.8 Å². The molecule has 0 spiro atoms. The van der Waals surface area contributed by atoms with E-state index in [1.54, 1.807) is 4.68 Å². The largest absolute Gasteiger partial charge is 0.274 e.